The average Bonchev–Trinajstić information content (AvgIpc) is 2.70. The summed E-state index contributed by atoms with van der Waals surface area (Å²) in [5.74, 6) is -0.111. The van der Waals surface area contributed by atoms with Gasteiger partial charge >= 0.3 is 5.63 Å². The Bertz CT molecular complexity index is 1050. The number of para-hydroxylation sites is 1. The van der Waals surface area contributed by atoms with E-state index in [4.69, 9.17) is 9.15 Å². The van der Waals surface area contributed by atoms with Crippen LogP contribution in [0, 0.1) is 0 Å². The number of benzene rings is 2. The lowest BCUT2D eigenvalue weighted by Gasteiger charge is -2.12. The molecule has 0 aliphatic heterocycles. The van der Waals surface area contributed by atoms with Crippen molar-refractivity contribution in [2.45, 2.75) is 29.6 Å². The van der Waals surface area contributed by atoms with Gasteiger partial charge in [0.15, 0.2) is 6.61 Å². The predicted molar refractivity (Wildman–Crippen MR) is 112 cm³/mol. The minimum Gasteiger partial charge on any atom is -0.506 e. The molecule has 0 bridgehead atoms. The minimum absolute atomic E-state index is 0.0663. The summed E-state index contributed by atoms with van der Waals surface area (Å²) in [7, 11) is 0. The topological polar surface area (TPSA) is 88.8 Å². The molecule has 0 saturated heterocycles. The van der Waals surface area contributed by atoms with E-state index in [9.17, 15) is 14.7 Å². The van der Waals surface area contributed by atoms with Crippen LogP contribution in [0.4, 0.5) is 5.88 Å². The molecule has 1 heterocycles. The molecule has 3 rings (SSSR count). The van der Waals surface area contributed by atoms with Crippen molar-refractivity contribution in [1.29, 1.82) is 0 Å². The summed E-state index contributed by atoms with van der Waals surface area (Å²) >= 11 is 1.14. The number of anilines is 1. The molecular weight excluding hydrogens is 390 g/mol. The molecule has 0 radical (unpaired) electrons. The summed E-state index contributed by atoms with van der Waals surface area (Å²) in [4.78, 5) is 25.3. The van der Waals surface area contributed by atoms with Crippen LogP contribution >= 0.6 is 11.8 Å². The molecule has 7 heteroatoms. The maximum atomic E-state index is 12.4. The average molecular weight is 411 g/mol. The second-order valence-electron chi connectivity index (χ2n) is 6.56. The van der Waals surface area contributed by atoms with Crippen LogP contribution in [0.15, 0.2) is 79.7 Å². The van der Waals surface area contributed by atoms with Crippen LogP contribution in [0.1, 0.15) is 25.3 Å². The van der Waals surface area contributed by atoms with Crippen LogP contribution < -0.4 is 15.7 Å². The largest absolute Gasteiger partial charge is 0.506 e. The van der Waals surface area contributed by atoms with Gasteiger partial charge in [0.2, 0.25) is 5.88 Å². The Balaban J connectivity index is 1.71. The van der Waals surface area contributed by atoms with Crippen molar-refractivity contribution in [2.75, 3.05) is 11.9 Å². The van der Waals surface area contributed by atoms with Gasteiger partial charge in [-0.05, 0) is 29.7 Å². The SMILES string of the molecule is CC(C)c1ccccc1Sc1c(O)cc(NC(=O)COc2ccccc2)oc1=O. The van der Waals surface area contributed by atoms with Crippen molar-refractivity contribution in [3.63, 3.8) is 0 Å². The predicted octanol–water partition coefficient (Wildman–Crippen LogP) is 4.64. The molecule has 6 nitrogen and oxygen atoms in total. The van der Waals surface area contributed by atoms with E-state index in [1.165, 1.54) is 6.07 Å². The number of nitrogens with one attached hydrogen (secondary N) is 1. The van der Waals surface area contributed by atoms with Crippen LogP contribution in [0.25, 0.3) is 0 Å². The van der Waals surface area contributed by atoms with E-state index in [1.807, 2.05) is 30.3 Å². The number of hydrogen-bond donors (Lipinski definition) is 2. The maximum absolute atomic E-state index is 12.4. The Labute approximate surface area is 172 Å². The van der Waals surface area contributed by atoms with Gasteiger partial charge < -0.3 is 14.3 Å². The van der Waals surface area contributed by atoms with Gasteiger partial charge in [0, 0.05) is 11.0 Å². The molecule has 0 aliphatic carbocycles. The van der Waals surface area contributed by atoms with Crippen molar-refractivity contribution in [3.8, 4) is 11.5 Å². The first-order valence-electron chi connectivity index (χ1n) is 9.05. The smallest absolute Gasteiger partial charge is 0.355 e. The zero-order valence-corrected chi connectivity index (χ0v) is 16.9. The fourth-order valence-corrected chi connectivity index (χ4v) is 3.70. The highest BCUT2D eigenvalue weighted by molar-refractivity contribution is 7.99. The van der Waals surface area contributed by atoms with Gasteiger partial charge in [-0.15, -0.1) is 0 Å². The van der Waals surface area contributed by atoms with Gasteiger partial charge in [0.1, 0.15) is 16.4 Å². The summed E-state index contributed by atoms with van der Waals surface area (Å²) in [6.07, 6.45) is 0. The molecule has 29 heavy (non-hydrogen) atoms. The fourth-order valence-electron chi connectivity index (χ4n) is 2.63. The Morgan fingerprint density at radius 1 is 1.14 bits per heavy atom. The number of ether oxygens (including phenoxy) is 1. The molecule has 1 amide bonds. The molecule has 0 atom stereocenters. The van der Waals surface area contributed by atoms with E-state index < -0.39 is 11.5 Å². The molecular formula is C22H21NO5S. The van der Waals surface area contributed by atoms with Crippen LogP contribution in [0.5, 0.6) is 11.5 Å². The number of rotatable bonds is 7. The highest BCUT2D eigenvalue weighted by Crippen LogP contribution is 2.37. The van der Waals surface area contributed by atoms with Crippen molar-refractivity contribution in [3.05, 3.63) is 76.6 Å². The van der Waals surface area contributed by atoms with E-state index in [1.54, 1.807) is 24.3 Å². The number of hydrogen-bond acceptors (Lipinski definition) is 6. The molecule has 150 valence electrons. The molecule has 0 fully saturated rings. The lowest BCUT2D eigenvalue weighted by atomic mass is 10.0. The van der Waals surface area contributed by atoms with Crippen LogP contribution in [-0.2, 0) is 4.79 Å². The molecule has 2 N–H and O–H groups in total. The third-order valence-electron chi connectivity index (χ3n) is 4.02. The monoisotopic (exact) mass is 411 g/mol. The Morgan fingerprint density at radius 2 is 1.83 bits per heavy atom. The standard InChI is InChI=1S/C22H21NO5S/c1-14(2)16-10-6-7-11-18(16)29-21-17(24)12-20(28-22(21)26)23-19(25)13-27-15-8-4-3-5-9-15/h3-12,14,24H,13H2,1-2H3,(H,23,25). The zero-order chi connectivity index (χ0) is 20.8. The molecule has 3 aromatic rings. The molecule has 2 aromatic carbocycles. The third kappa shape index (κ3) is 5.42. The highest BCUT2D eigenvalue weighted by Gasteiger charge is 2.17. The Kier molecular flexibility index (Phi) is 6.61. The summed E-state index contributed by atoms with van der Waals surface area (Å²) < 4.78 is 10.5. The first-order chi connectivity index (χ1) is 13.9. The van der Waals surface area contributed by atoms with Gasteiger partial charge in [0.25, 0.3) is 5.91 Å². The normalized spacial score (nSPS) is 10.7. The quantitative estimate of drug-likeness (QED) is 0.589. The summed E-state index contributed by atoms with van der Waals surface area (Å²) in [5.41, 5.74) is 0.333. The molecule has 0 aliphatic rings. The number of carbonyl (C=O) groups excluding carboxylic acids is 1. The molecule has 0 unspecified atom stereocenters. The van der Waals surface area contributed by atoms with Gasteiger partial charge in [-0.2, -0.15) is 0 Å². The lowest BCUT2D eigenvalue weighted by molar-refractivity contribution is -0.118. The second kappa shape index (κ2) is 9.34. The Morgan fingerprint density at radius 3 is 2.52 bits per heavy atom. The van der Waals surface area contributed by atoms with Gasteiger partial charge in [-0.1, -0.05) is 62.0 Å². The fraction of sp³-hybridized carbons (Fsp3) is 0.182. The summed E-state index contributed by atoms with van der Waals surface area (Å²) in [6.45, 7) is 3.85. The first-order valence-corrected chi connectivity index (χ1v) is 9.87. The highest BCUT2D eigenvalue weighted by atomic mass is 32.2. The van der Waals surface area contributed by atoms with Crippen LogP contribution in [-0.4, -0.2) is 17.6 Å². The van der Waals surface area contributed by atoms with E-state index in [0.717, 1.165) is 22.2 Å². The summed E-state index contributed by atoms with van der Waals surface area (Å²) in [5, 5.41) is 12.7. The van der Waals surface area contributed by atoms with Crippen molar-refractivity contribution < 1.29 is 19.1 Å². The van der Waals surface area contributed by atoms with Crippen molar-refractivity contribution >= 4 is 23.6 Å². The zero-order valence-electron chi connectivity index (χ0n) is 16.0. The van der Waals surface area contributed by atoms with Gasteiger partial charge in [-0.25, -0.2) is 4.79 Å². The molecule has 0 spiro atoms. The molecule has 0 saturated carbocycles. The van der Waals surface area contributed by atoms with Crippen molar-refractivity contribution in [2.24, 2.45) is 0 Å². The minimum atomic E-state index is -0.729. The maximum Gasteiger partial charge on any atom is 0.355 e. The number of carbonyl (C=O) groups is 1. The van der Waals surface area contributed by atoms with E-state index in [-0.39, 0.29) is 29.1 Å². The lowest BCUT2D eigenvalue weighted by Crippen LogP contribution is -2.21. The number of amides is 1. The van der Waals surface area contributed by atoms with E-state index >= 15 is 0 Å². The third-order valence-corrected chi connectivity index (χ3v) is 5.19. The Hall–Kier alpha value is -3.19. The van der Waals surface area contributed by atoms with Crippen LogP contribution in [0.3, 0.4) is 0 Å². The van der Waals surface area contributed by atoms with E-state index in [2.05, 4.69) is 19.2 Å². The van der Waals surface area contributed by atoms with Gasteiger partial charge in [-0.3, -0.25) is 10.1 Å². The molecule has 1 aromatic heterocycles. The van der Waals surface area contributed by atoms with Crippen molar-refractivity contribution in [1.82, 2.24) is 0 Å². The van der Waals surface area contributed by atoms with E-state index in [0.29, 0.717) is 5.75 Å². The van der Waals surface area contributed by atoms with Gasteiger partial charge in [0.05, 0.1) is 0 Å². The van der Waals surface area contributed by atoms with Crippen LogP contribution in [0.2, 0.25) is 0 Å². The summed E-state index contributed by atoms with van der Waals surface area (Å²) in [6, 6.07) is 17.7. The number of aromatic hydroxyl groups is 1. The second-order valence-corrected chi connectivity index (χ2v) is 7.61. The first kappa shape index (κ1) is 20.5.